The number of carbonyl (C=O) groups excluding carboxylic acids is 2. The first-order valence-electron chi connectivity index (χ1n) is 7.42. The highest BCUT2D eigenvalue weighted by Crippen LogP contribution is 2.42. The first-order chi connectivity index (χ1) is 11.8. The molecule has 8 heteroatoms. The Morgan fingerprint density at radius 2 is 1.52 bits per heavy atom. The van der Waals surface area contributed by atoms with Gasteiger partial charge in [-0.15, -0.1) is 0 Å². The van der Waals surface area contributed by atoms with E-state index in [4.69, 9.17) is 9.47 Å². The molecule has 1 aromatic carbocycles. The Morgan fingerprint density at radius 1 is 1.04 bits per heavy atom. The van der Waals surface area contributed by atoms with Crippen LogP contribution in [0.25, 0.3) is 0 Å². The Bertz CT molecular complexity index is 771. The van der Waals surface area contributed by atoms with Crippen molar-refractivity contribution in [2.75, 3.05) is 14.2 Å². The second kappa shape index (κ2) is 7.16. The quantitative estimate of drug-likeness (QED) is 0.506. The number of ether oxygens (including phenoxy) is 2. The van der Waals surface area contributed by atoms with E-state index >= 15 is 0 Å². The number of allylic oxidation sites excluding steroid dienone is 2. The minimum atomic E-state index is -0.970. The second-order valence-electron chi connectivity index (χ2n) is 5.43. The van der Waals surface area contributed by atoms with Gasteiger partial charge in [-0.1, -0.05) is 18.2 Å². The van der Waals surface area contributed by atoms with E-state index in [9.17, 15) is 19.7 Å². The van der Waals surface area contributed by atoms with E-state index < -0.39 is 22.8 Å². The van der Waals surface area contributed by atoms with Crippen molar-refractivity contribution in [3.63, 3.8) is 0 Å². The number of benzene rings is 1. The Morgan fingerprint density at radius 3 is 1.96 bits per heavy atom. The molecule has 1 atom stereocenters. The van der Waals surface area contributed by atoms with E-state index in [0.29, 0.717) is 11.4 Å². The fraction of sp³-hybridized carbons (Fsp3) is 0.294. The number of nitro groups is 1. The van der Waals surface area contributed by atoms with Crippen LogP contribution in [0.2, 0.25) is 0 Å². The number of hydrogen-bond acceptors (Lipinski definition) is 7. The Kier molecular flexibility index (Phi) is 5.21. The van der Waals surface area contributed by atoms with E-state index in [1.807, 2.05) is 0 Å². The first-order valence-corrected chi connectivity index (χ1v) is 7.42. The fourth-order valence-electron chi connectivity index (χ4n) is 2.96. The summed E-state index contributed by atoms with van der Waals surface area (Å²) in [7, 11) is 2.42. The molecule has 0 radical (unpaired) electrons. The lowest BCUT2D eigenvalue weighted by Crippen LogP contribution is -2.32. The van der Waals surface area contributed by atoms with Gasteiger partial charge in [0.2, 0.25) is 0 Å². The summed E-state index contributed by atoms with van der Waals surface area (Å²) in [5, 5.41) is 14.4. The molecule has 0 spiro atoms. The third-order valence-electron chi connectivity index (χ3n) is 4.02. The summed E-state index contributed by atoms with van der Waals surface area (Å²) >= 11 is 0. The molecule has 0 aromatic heterocycles. The molecule has 0 saturated heterocycles. The highest BCUT2D eigenvalue weighted by Gasteiger charge is 2.40. The summed E-state index contributed by atoms with van der Waals surface area (Å²) in [6.45, 7) is 3.29. The number of carbonyl (C=O) groups is 2. The van der Waals surface area contributed by atoms with Crippen LogP contribution in [-0.4, -0.2) is 31.1 Å². The maximum atomic E-state index is 12.3. The van der Waals surface area contributed by atoms with Crippen LogP contribution in [0.3, 0.4) is 0 Å². The largest absolute Gasteiger partial charge is 0.466 e. The molecular weight excluding hydrogens is 327 g/mol. The maximum absolute atomic E-state index is 12.3. The molecule has 1 N–H and O–H groups in total. The van der Waals surface area contributed by atoms with Gasteiger partial charge >= 0.3 is 11.9 Å². The average Bonchev–Trinajstić information content (AvgIpc) is 2.59. The Labute approximate surface area is 144 Å². The summed E-state index contributed by atoms with van der Waals surface area (Å²) in [6.07, 6.45) is 0. The van der Waals surface area contributed by atoms with Crippen LogP contribution < -0.4 is 5.32 Å². The number of nitro benzene ring substituents is 1. The van der Waals surface area contributed by atoms with Crippen LogP contribution in [0.4, 0.5) is 5.69 Å². The van der Waals surface area contributed by atoms with E-state index in [1.54, 1.807) is 19.9 Å². The molecule has 0 saturated carbocycles. The average molecular weight is 345 g/mol. The van der Waals surface area contributed by atoms with Crippen molar-refractivity contribution in [2.45, 2.75) is 19.8 Å². The smallest absolute Gasteiger partial charge is 0.336 e. The normalized spacial score (nSPS) is 17.0. The van der Waals surface area contributed by atoms with Crippen molar-refractivity contribution in [3.8, 4) is 0 Å². The van der Waals surface area contributed by atoms with Crippen molar-refractivity contribution in [1.29, 1.82) is 0 Å². The number of esters is 2. The van der Waals surface area contributed by atoms with Crippen LogP contribution in [0.5, 0.6) is 0 Å². The van der Waals surface area contributed by atoms with Gasteiger partial charge in [-0.3, -0.25) is 10.1 Å². The third kappa shape index (κ3) is 3.23. The predicted molar refractivity (Wildman–Crippen MR) is 88.4 cm³/mol. The number of nitrogens with one attached hydrogen (secondary N) is 1. The Hall–Kier alpha value is -3.16. The number of hydrogen-bond donors (Lipinski definition) is 1. The summed E-state index contributed by atoms with van der Waals surface area (Å²) in [5.41, 5.74) is 1.19. The lowest BCUT2D eigenvalue weighted by molar-refractivity contribution is -0.385. The molecule has 1 unspecified atom stereocenters. The fourth-order valence-corrected chi connectivity index (χ4v) is 2.96. The zero-order valence-electron chi connectivity index (χ0n) is 14.3. The summed E-state index contributed by atoms with van der Waals surface area (Å²) in [5.74, 6) is -2.33. The van der Waals surface area contributed by atoms with Gasteiger partial charge in [0.05, 0.1) is 36.2 Å². The molecule has 1 heterocycles. The van der Waals surface area contributed by atoms with Crippen molar-refractivity contribution in [1.82, 2.24) is 5.32 Å². The SMILES string of the molecule is COC(=O)C1=C(C)NC(C)=C(C(=O)O[11CH3])C1c1ccccc1[N+](=O)[O-]. The molecule has 1 aliphatic heterocycles. The predicted octanol–water partition coefficient (Wildman–Crippen LogP) is 2.18. The number of nitrogens with zero attached hydrogens (tertiary/aromatic N) is 1. The number of methoxy groups -OCH3 is 2. The van der Waals surface area contributed by atoms with Crippen molar-refractivity contribution >= 4 is 17.6 Å². The zero-order valence-corrected chi connectivity index (χ0v) is 14.3. The molecule has 25 heavy (non-hydrogen) atoms. The molecular formula is C17H18N2O6. The van der Waals surface area contributed by atoms with E-state index in [-0.39, 0.29) is 22.4 Å². The molecule has 0 amide bonds. The number of dihydropyridines is 1. The molecule has 8 nitrogen and oxygen atoms in total. The minimum Gasteiger partial charge on any atom is -0.466 e. The van der Waals surface area contributed by atoms with Crippen LogP contribution in [0, 0.1) is 10.1 Å². The lowest BCUT2D eigenvalue weighted by atomic mass is 9.79. The van der Waals surface area contributed by atoms with Crippen LogP contribution in [0.15, 0.2) is 46.8 Å². The number of rotatable bonds is 4. The highest BCUT2D eigenvalue weighted by molar-refractivity contribution is 6.00. The standard InChI is InChI=1S/C17H18N2O6/c1-9-13(16(20)24-3)15(14(10(2)18-9)17(21)25-4)11-7-5-6-8-12(11)19(22)23/h5-8,15,18H,1-4H3/i3-1. The molecule has 1 aromatic rings. The zero-order chi connectivity index (χ0) is 18.7. The molecule has 0 aliphatic carbocycles. The molecule has 0 fully saturated rings. The maximum Gasteiger partial charge on any atom is 0.336 e. The topological polar surface area (TPSA) is 108 Å². The van der Waals surface area contributed by atoms with Gasteiger partial charge in [-0.2, -0.15) is 0 Å². The van der Waals surface area contributed by atoms with Crippen molar-refractivity contribution < 1.29 is 24.0 Å². The second-order valence-corrected chi connectivity index (χ2v) is 5.43. The van der Waals surface area contributed by atoms with Crippen LogP contribution in [-0.2, 0) is 19.1 Å². The van der Waals surface area contributed by atoms with E-state index in [0.717, 1.165) is 0 Å². The monoisotopic (exact) mass is 345 g/mol. The van der Waals surface area contributed by atoms with Gasteiger partial charge in [0.25, 0.3) is 5.69 Å². The molecule has 132 valence electrons. The Balaban J connectivity index is 2.80. The minimum absolute atomic E-state index is 0.128. The molecule has 1 aliphatic rings. The third-order valence-corrected chi connectivity index (χ3v) is 4.02. The summed E-state index contributed by atoms with van der Waals surface area (Å²) in [6, 6.07) is 5.97. The van der Waals surface area contributed by atoms with Gasteiger partial charge in [0.1, 0.15) is 0 Å². The first kappa shape index (κ1) is 18.2. The lowest BCUT2D eigenvalue weighted by Gasteiger charge is -2.29. The molecule has 2 rings (SSSR count). The van der Waals surface area contributed by atoms with Gasteiger partial charge < -0.3 is 14.8 Å². The van der Waals surface area contributed by atoms with Crippen molar-refractivity contribution in [2.24, 2.45) is 0 Å². The van der Waals surface area contributed by atoms with Gasteiger partial charge in [-0.25, -0.2) is 9.59 Å². The van der Waals surface area contributed by atoms with Gasteiger partial charge in [-0.05, 0) is 13.8 Å². The highest BCUT2D eigenvalue weighted by atomic mass is 16.6. The van der Waals surface area contributed by atoms with Gasteiger partial charge in [0.15, 0.2) is 0 Å². The van der Waals surface area contributed by atoms with Crippen LogP contribution >= 0.6 is 0 Å². The van der Waals surface area contributed by atoms with Gasteiger partial charge in [0, 0.05) is 23.0 Å². The summed E-state index contributed by atoms with van der Waals surface area (Å²) in [4.78, 5) is 35.6. The van der Waals surface area contributed by atoms with Crippen LogP contribution in [0.1, 0.15) is 25.3 Å². The summed E-state index contributed by atoms with van der Waals surface area (Å²) < 4.78 is 9.66. The van der Waals surface area contributed by atoms with E-state index in [1.165, 1.54) is 32.4 Å². The van der Waals surface area contributed by atoms with E-state index in [2.05, 4.69) is 5.32 Å². The number of para-hydroxylation sites is 1. The molecule has 0 bridgehead atoms. The van der Waals surface area contributed by atoms with Crippen molar-refractivity contribution in [3.05, 3.63) is 62.5 Å².